The number of carboxylic acid groups (broad SMARTS) is 1. The first kappa shape index (κ1) is 22.5. The number of hydrogen-bond acceptors (Lipinski definition) is 3. The lowest BCUT2D eigenvalue weighted by atomic mass is 9.95. The molecule has 0 aliphatic carbocycles. The molecule has 0 fully saturated rings. The highest BCUT2D eigenvalue weighted by Gasteiger charge is 2.31. The third kappa shape index (κ3) is 6.92. The molecule has 2 N–H and O–H groups in total. The van der Waals surface area contributed by atoms with E-state index in [1.165, 1.54) is 19.1 Å². The zero-order valence-electron chi connectivity index (χ0n) is 15.6. The summed E-state index contributed by atoms with van der Waals surface area (Å²) in [7, 11) is 0. The van der Waals surface area contributed by atoms with E-state index in [1.54, 1.807) is 20.8 Å². The van der Waals surface area contributed by atoms with Crippen LogP contribution in [0.5, 0.6) is 0 Å². The van der Waals surface area contributed by atoms with Crippen LogP contribution in [0.25, 0.3) is 0 Å². The molecule has 1 unspecified atom stereocenters. The molecule has 0 spiro atoms. The Morgan fingerprint density at radius 3 is 2.04 bits per heavy atom. The molecule has 0 bridgehead atoms. The number of halogens is 3. The van der Waals surface area contributed by atoms with Crippen LogP contribution in [0.2, 0.25) is 0 Å². The second-order valence-corrected chi connectivity index (χ2v) is 7.23. The minimum absolute atomic E-state index is 0.195. The number of amides is 2. The number of benzene rings is 1. The van der Waals surface area contributed by atoms with Crippen molar-refractivity contribution in [3.8, 4) is 0 Å². The van der Waals surface area contributed by atoms with Crippen LogP contribution in [0.1, 0.15) is 38.8 Å². The molecular weight excluding hydrogens is 365 g/mol. The first-order valence-electron chi connectivity index (χ1n) is 8.19. The van der Waals surface area contributed by atoms with E-state index in [4.69, 9.17) is 5.11 Å². The fourth-order valence-electron chi connectivity index (χ4n) is 2.14. The summed E-state index contributed by atoms with van der Waals surface area (Å²) in [6, 6.07) is 3.12. The molecule has 27 heavy (non-hydrogen) atoms. The molecule has 0 aliphatic heterocycles. The first-order chi connectivity index (χ1) is 12.2. The maximum atomic E-state index is 12.6. The molecule has 0 radical (unpaired) electrons. The van der Waals surface area contributed by atoms with Crippen molar-refractivity contribution >= 4 is 17.8 Å². The summed E-state index contributed by atoms with van der Waals surface area (Å²) in [5.41, 5.74) is -1.24. The van der Waals surface area contributed by atoms with Gasteiger partial charge in [0.2, 0.25) is 11.8 Å². The van der Waals surface area contributed by atoms with E-state index >= 15 is 0 Å². The number of aliphatic carboxylic acids is 1. The van der Waals surface area contributed by atoms with Crippen LogP contribution in [0.3, 0.4) is 0 Å². The molecule has 150 valence electrons. The van der Waals surface area contributed by atoms with E-state index in [2.05, 4.69) is 5.32 Å². The van der Waals surface area contributed by atoms with E-state index in [9.17, 15) is 27.6 Å². The van der Waals surface area contributed by atoms with Gasteiger partial charge in [0.05, 0.1) is 5.56 Å². The fraction of sp³-hybridized carbons (Fsp3) is 0.500. The molecule has 9 heteroatoms. The lowest BCUT2D eigenvalue weighted by Crippen LogP contribution is -2.50. The molecule has 1 rings (SSSR count). The summed E-state index contributed by atoms with van der Waals surface area (Å²) in [5, 5.41) is 11.5. The smallest absolute Gasteiger partial charge is 0.416 e. The van der Waals surface area contributed by atoms with Gasteiger partial charge in [0.25, 0.3) is 0 Å². The summed E-state index contributed by atoms with van der Waals surface area (Å²) < 4.78 is 37.9. The van der Waals surface area contributed by atoms with Crippen molar-refractivity contribution in [3.05, 3.63) is 35.4 Å². The normalized spacial score (nSPS) is 13.0. The summed E-state index contributed by atoms with van der Waals surface area (Å²) in [6.07, 6.45) is -4.49. The first-order valence-corrected chi connectivity index (χ1v) is 8.19. The van der Waals surface area contributed by atoms with E-state index in [0.29, 0.717) is 5.56 Å². The van der Waals surface area contributed by atoms with Crippen molar-refractivity contribution in [1.82, 2.24) is 10.2 Å². The minimum Gasteiger partial charge on any atom is -0.480 e. The van der Waals surface area contributed by atoms with Crippen LogP contribution >= 0.6 is 0 Å². The van der Waals surface area contributed by atoms with Crippen LogP contribution in [0.4, 0.5) is 13.2 Å². The van der Waals surface area contributed by atoms with Crippen molar-refractivity contribution in [1.29, 1.82) is 0 Å². The lowest BCUT2D eigenvalue weighted by molar-refractivity contribution is -0.146. The molecule has 0 saturated heterocycles. The molecule has 0 aliphatic rings. The van der Waals surface area contributed by atoms with E-state index in [-0.39, 0.29) is 12.5 Å². The van der Waals surface area contributed by atoms with Crippen LogP contribution in [-0.4, -0.2) is 40.4 Å². The predicted molar refractivity (Wildman–Crippen MR) is 91.6 cm³/mol. The van der Waals surface area contributed by atoms with Crippen molar-refractivity contribution in [2.75, 3.05) is 6.54 Å². The highest BCUT2D eigenvalue weighted by atomic mass is 19.4. The van der Waals surface area contributed by atoms with Gasteiger partial charge in [-0.1, -0.05) is 32.9 Å². The Kier molecular flexibility index (Phi) is 6.99. The lowest BCUT2D eigenvalue weighted by Gasteiger charge is -2.27. The zero-order chi connectivity index (χ0) is 21.0. The summed E-state index contributed by atoms with van der Waals surface area (Å²) in [5.74, 6) is -2.30. The average Bonchev–Trinajstić information content (AvgIpc) is 2.51. The molecule has 0 saturated carbocycles. The molecule has 1 aromatic rings. The van der Waals surface area contributed by atoms with Crippen LogP contribution in [0, 0.1) is 5.41 Å². The fourth-order valence-corrected chi connectivity index (χ4v) is 2.14. The summed E-state index contributed by atoms with van der Waals surface area (Å²) in [6.45, 7) is 5.58. The molecular formula is C18H23F3N2O4. The van der Waals surface area contributed by atoms with Gasteiger partial charge in [-0.2, -0.15) is 13.2 Å². The monoisotopic (exact) mass is 388 g/mol. The SMILES string of the molecule is CC(NC(=O)C(C)(C)C)C(=O)N(CC(=O)O)Cc1ccc(C(F)(F)F)cc1. The Morgan fingerprint density at radius 2 is 1.63 bits per heavy atom. The van der Waals surface area contributed by atoms with E-state index < -0.39 is 41.6 Å². The largest absolute Gasteiger partial charge is 0.480 e. The Hall–Kier alpha value is -2.58. The Balaban J connectivity index is 2.93. The molecule has 1 atom stereocenters. The number of nitrogens with zero attached hydrogens (tertiary/aromatic N) is 1. The van der Waals surface area contributed by atoms with Crippen LogP contribution < -0.4 is 5.32 Å². The van der Waals surface area contributed by atoms with Gasteiger partial charge in [-0.3, -0.25) is 14.4 Å². The van der Waals surface area contributed by atoms with Gasteiger partial charge in [0.1, 0.15) is 12.6 Å². The Labute approximate surface area is 155 Å². The number of nitrogens with one attached hydrogen (secondary N) is 1. The maximum absolute atomic E-state index is 12.6. The Morgan fingerprint density at radius 1 is 1.11 bits per heavy atom. The number of carbonyl (C=O) groups excluding carboxylic acids is 2. The van der Waals surface area contributed by atoms with Gasteiger partial charge in [-0.05, 0) is 24.6 Å². The van der Waals surface area contributed by atoms with E-state index in [1.807, 2.05) is 0 Å². The maximum Gasteiger partial charge on any atom is 0.416 e. The number of alkyl halides is 3. The van der Waals surface area contributed by atoms with Crippen molar-refractivity contribution < 1.29 is 32.7 Å². The van der Waals surface area contributed by atoms with E-state index in [0.717, 1.165) is 17.0 Å². The predicted octanol–water partition coefficient (Wildman–Crippen LogP) is 2.67. The average molecular weight is 388 g/mol. The van der Waals surface area contributed by atoms with Gasteiger partial charge in [0.15, 0.2) is 0 Å². The molecule has 1 aromatic carbocycles. The third-order valence-electron chi connectivity index (χ3n) is 3.69. The highest BCUT2D eigenvalue weighted by molar-refractivity contribution is 5.90. The Bertz CT molecular complexity index is 694. The topological polar surface area (TPSA) is 86.7 Å². The number of rotatable bonds is 6. The van der Waals surface area contributed by atoms with Gasteiger partial charge in [-0.25, -0.2) is 0 Å². The molecule has 6 nitrogen and oxygen atoms in total. The van der Waals surface area contributed by atoms with Gasteiger partial charge in [-0.15, -0.1) is 0 Å². The number of carboxylic acids is 1. The summed E-state index contributed by atoms with van der Waals surface area (Å²) >= 11 is 0. The minimum atomic E-state index is -4.49. The third-order valence-corrected chi connectivity index (χ3v) is 3.69. The van der Waals surface area contributed by atoms with Gasteiger partial charge in [0, 0.05) is 12.0 Å². The highest BCUT2D eigenvalue weighted by Crippen LogP contribution is 2.29. The molecule has 2 amide bonds. The quantitative estimate of drug-likeness (QED) is 0.785. The van der Waals surface area contributed by atoms with Crippen molar-refractivity contribution in [3.63, 3.8) is 0 Å². The second kappa shape index (κ2) is 8.41. The van der Waals surface area contributed by atoms with Gasteiger partial charge < -0.3 is 15.3 Å². The molecule has 0 aromatic heterocycles. The van der Waals surface area contributed by atoms with Gasteiger partial charge >= 0.3 is 12.1 Å². The van der Waals surface area contributed by atoms with Crippen LogP contribution in [-0.2, 0) is 27.1 Å². The second-order valence-electron chi connectivity index (χ2n) is 7.23. The molecule has 0 heterocycles. The van der Waals surface area contributed by atoms with Crippen molar-refractivity contribution in [2.45, 2.75) is 46.5 Å². The standard InChI is InChI=1S/C18H23F3N2O4/c1-11(22-16(27)17(2,3)4)15(26)23(10-14(24)25)9-12-5-7-13(8-6-12)18(19,20)21/h5-8,11H,9-10H2,1-4H3,(H,22,27)(H,24,25). The number of carbonyl (C=O) groups is 3. The zero-order valence-corrected chi connectivity index (χ0v) is 15.6. The van der Waals surface area contributed by atoms with Crippen LogP contribution in [0.15, 0.2) is 24.3 Å². The summed E-state index contributed by atoms with van der Waals surface area (Å²) in [4.78, 5) is 36.6. The number of hydrogen-bond donors (Lipinski definition) is 2. The van der Waals surface area contributed by atoms with Crippen molar-refractivity contribution in [2.24, 2.45) is 5.41 Å².